The molecule has 3 aromatic rings. The normalized spacial score (nSPS) is 11.0. The number of rotatable bonds is 7. The summed E-state index contributed by atoms with van der Waals surface area (Å²) in [7, 11) is 0. The maximum absolute atomic E-state index is 11.1. The number of aromatic hydroxyl groups is 1. The van der Waals surface area contributed by atoms with Crippen molar-refractivity contribution in [3.63, 3.8) is 0 Å². The van der Waals surface area contributed by atoms with Gasteiger partial charge in [0.2, 0.25) is 0 Å². The molecule has 1 aromatic carbocycles. The smallest absolute Gasteiger partial charge is 0.141 e. The number of phenols is 1. The van der Waals surface area contributed by atoms with E-state index >= 15 is 0 Å². The minimum Gasteiger partial charge on any atom is -0.508 e. The van der Waals surface area contributed by atoms with Gasteiger partial charge in [0.15, 0.2) is 0 Å². The van der Waals surface area contributed by atoms with E-state index < -0.39 is 0 Å². The molecule has 136 valence electrons. The second kappa shape index (κ2) is 7.56. The summed E-state index contributed by atoms with van der Waals surface area (Å²) < 4.78 is 7.48. The van der Waals surface area contributed by atoms with E-state index in [0.29, 0.717) is 5.76 Å². The lowest BCUT2D eigenvalue weighted by molar-refractivity contribution is 0.393. The summed E-state index contributed by atoms with van der Waals surface area (Å²) in [6, 6.07) is 7.06. The summed E-state index contributed by atoms with van der Waals surface area (Å²) >= 11 is 0. The largest absolute Gasteiger partial charge is 0.508 e. The minimum atomic E-state index is 0.0845. The summed E-state index contributed by atoms with van der Waals surface area (Å²) in [5.41, 5.74) is 5.42. The first-order valence-corrected chi connectivity index (χ1v) is 8.80. The summed E-state index contributed by atoms with van der Waals surface area (Å²) in [5, 5.41) is 16.9. The lowest BCUT2D eigenvalue weighted by atomic mass is 9.95. The lowest BCUT2D eigenvalue weighted by Gasteiger charge is -2.09. The van der Waals surface area contributed by atoms with Crippen LogP contribution in [0, 0.1) is 18.8 Å². The molecule has 2 heterocycles. The molecule has 0 fully saturated rings. The van der Waals surface area contributed by atoms with Gasteiger partial charge in [-0.1, -0.05) is 35.8 Å². The van der Waals surface area contributed by atoms with Gasteiger partial charge in [-0.3, -0.25) is 0 Å². The van der Waals surface area contributed by atoms with E-state index in [1.807, 2.05) is 26.0 Å². The van der Waals surface area contributed by atoms with E-state index in [0.717, 1.165) is 53.0 Å². The maximum atomic E-state index is 11.1. The van der Waals surface area contributed by atoms with Crippen molar-refractivity contribution in [3.8, 4) is 28.0 Å². The van der Waals surface area contributed by atoms with E-state index in [9.17, 15) is 10.0 Å². The molecule has 6 nitrogen and oxygen atoms in total. The van der Waals surface area contributed by atoms with Gasteiger partial charge in [-0.2, -0.15) is 4.91 Å². The van der Waals surface area contributed by atoms with Gasteiger partial charge in [0.1, 0.15) is 18.1 Å². The van der Waals surface area contributed by atoms with Gasteiger partial charge in [-0.25, -0.2) is 0 Å². The number of benzene rings is 1. The Morgan fingerprint density at radius 1 is 1.19 bits per heavy atom. The van der Waals surface area contributed by atoms with Crippen LogP contribution in [0.15, 0.2) is 40.2 Å². The average molecular weight is 353 g/mol. The molecule has 6 heteroatoms. The molecule has 0 amide bonds. The molecule has 0 aliphatic rings. The molecule has 0 saturated carbocycles. The van der Waals surface area contributed by atoms with Crippen molar-refractivity contribution in [2.45, 2.75) is 46.7 Å². The SMILES string of the molecule is CCCCn1cc(-c2ccc(O)cc2)c(-c2c(C)noc2C)c1CN=O. The number of unbranched alkanes of at least 4 members (excludes halogenated alkanes) is 1. The molecule has 0 spiro atoms. The van der Waals surface area contributed by atoms with E-state index in [1.165, 1.54) is 0 Å². The van der Waals surface area contributed by atoms with Crippen LogP contribution in [-0.4, -0.2) is 14.8 Å². The van der Waals surface area contributed by atoms with Crippen LogP contribution >= 0.6 is 0 Å². The van der Waals surface area contributed by atoms with E-state index in [-0.39, 0.29) is 12.3 Å². The number of phenolic OH excluding ortho intramolecular Hbond substituents is 1. The molecule has 0 aliphatic carbocycles. The highest BCUT2D eigenvalue weighted by molar-refractivity contribution is 5.87. The molecule has 0 radical (unpaired) electrons. The van der Waals surface area contributed by atoms with Crippen LogP contribution in [0.2, 0.25) is 0 Å². The summed E-state index contributed by atoms with van der Waals surface area (Å²) in [6.45, 7) is 6.81. The first-order valence-electron chi connectivity index (χ1n) is 8.80. The molecular weight excluding hydrogens is 330 g/mol. The Bertz CT molecular complexity index is 888. The molecular formula is C20H23N3O3. The maximum Gasteiger partial charge on any atom is 0.141 e. The second-order valence-corrected chi connectivity index (χ2v) is 6.44. The zero-order valence-corrected chi connectivity index (χ0v) is 15.3. The molecule has 0 unspecified atom stereocenters. The van der Waals surface area contributed by atoms with Crippen molar-refractivity contribution in [1.82, 2.24) is 9.72 Å². The number of hydrogen-bond acceptors (Lipinski definition) is 5. The highest BCUT2D eigenvalue weighted by atomic mass is 16.5. The van der Waals surface area contributed by atoms with Crippen LogP contribution in [0.1, 0.15) is 36.9 Å². The Hall–Kier alpha value is -2.89. The van der Waals surface area contributed by atoms with Gasteiger partial charge < -0.3 is 14.2 Å². The zero-order chi connectivity index (χ0) is 18.7. The quantitative estimate of drug-likeness (QED) is 0.592. The summed E-state index contributed by atoms with van der Waals surface area (Å²) in [6.07, 6.45) is 4.13. The highest BCUT2D eigenvalue weighted by Gasteiger charge is 2.24. The molecule has 0 saturated heterocycles. The zero-order valence-electron chi connectivity index (χ0n) is 15.3. The van der Waals surface area contributed by atoms with Crippen molar-refractivity contribution in [1.29, 1.82) is 0 Å². The summed E-state index contributed by atoms with van der Waals surface area (Å²) in [4.78, 5) is 11.1. The Labute approximate surface area is 152 Å². The Morgan fingerprint density at radius 2 is 1.92 bits per heavy atom. The molecule has 1 N–H and O–H groups in total. The molecule has 3 rings (SSSR count). The number of nitroso groups, excluding NO2 is 1. The molecule has 2 aromatic heterocycles. The van der Waals surface area contributed by atoms with Crippen molar-refractivity contribution in [3.05, 3.63) is 52.5 Å². The predicted octanol–water partition coefficient (Wildman–Crippen LogP) is 5.20. The Kier molecular flexibility index (Phi) is 5.21. The number of hydrogen-bond donors (Lipinski definition) is 1. The molecule has 0 aliphatic heterocycles. The van der Waals surface area contributed by atoms with Crippen LogP contribution < -0.4 is 0 Å². The monoisotopic (exact) mass is 353 g/mol. The third kappa shape index (κ3) is 3.27. The average Bonchev–Trinajstić information content (AvgIpc) is 3.14. The van der Waals surface area contributed by atoms with E-state index in [4.69, 9.17) is 4.52 Å². The Morgan fingerprint density at radius 3 is 2.50 bits per heavy atom. The first kappa shape index (κ1) is 17.9. The first-order chi connectivity index (χ1) is 12.6. The van der Waals surface area contributed by atoms with Gasteiger partial charge in [0.25, 0.3) is 0 Å². The van der Waals surface area contributed by atoms with Crippen LogP contribution in [0.4, 0.5) is 0 Å². The summed E-state index contributed by atoms with van der Waals surface area (Å²) in [5.74, 6) is 0.927. The topological polar surface area (TPSA) is 80.6 Å². The van der Waals surface area contributed by atoms with Gasteiger partial charge in [0, 0.05) is 29.4 Å². The van der Waals surface area contributed by atoms with E-state index in [1.54, 1.807) is 12.1 Å². The standard InChI is InChI=1S/C20H23N3O3/c1-4-5-10-23-12-17(15-6-8-16(24)9-7-15)20(18(23)11-21-25)19-13(2)22-26-14(19)3/h6-9,12,24H,4-5,10-11H2,1-3H3. The third-order valence-corrected chi connectivity index (χ3v) is 4.62. The fraction of sp³-hybridized carbons (Fsp3) is 0.350. The fourth-order valence-corrected chi connectivity index (χ4v) is 3.34. The van der Waals surface area contributed by atoms with Crippen LogP contribution in [-0.2, 0) is 13.1 Å². The van der Waals surface area contributed by atoms with Crippen molar-refractivity contribution < 1.29 is 9.63 Å². The van der Waals surface area contributed by atoms with E-state index in [2.05, 4.69) is 28.0 Å². The molecule has 0 bridgehead atoms. The minimum absolute atomic E-state index is 0.0845. The number of aromatic nitrogens is 2. The van der Waals surface area contributed by atoms with Gasteiger partial charge >= 0.3 is 0 Å². The van der Waals surface area contributed by atoms with Crippen molar-refractivity contribution in [2.75, 3.05) is 0 Å². The Balaban J connectivity index is 2.27. The van der Waals surface area contributed by atoms with Gasteiger partial charge in [0.05, 0.1) is 11.4 Å². The van der Waals surface area contributed by atoms with Crippen molar-refractivity contribution in [2.24, 2.45) is 5.18 Å². The molecule has 26 heavy (non-hydrogen) atoms. The van der Waals surface area contributed by atoms with Gasteiger partial charge in [-0.05, 0) is 38.0 Å². The molecule has 0 atom stereocenters. The fourth-order valence-electron chi connectivity index (χ4n) is 3.34. The van der Waals surface area contributed by atoms with Gasteiger partial charge in [-0.15, -0.1) is 0 Å². The highest BCUT2D eigenvalue weighted by Crippen LogP contribution is 2.40. The third-order valence-electron chi connectivity index (χ3n) is 4.62. The van der Waals surface area contributed by atoms with Crippen LogP contribution in [0.5, 0.6) is 5.75 Å². The van der Waals surface area contributed by atoms with Crippen LogP contribution in [0.3, 0.4) is 0 Å². The van der Waals surface area contributed by atoms with Crippen molar-refractivity contribution >= 4 is 0 Å². The van der Waals surface area contributed by atoms with Crippen LogP contribution in [0.25, 0.3) is 22.3 Å². The lowest BCUT2D eigenvalue weighted by Crippen LogP contribution is -2.02. The predicted molar refractivity (Wildman–Crippen MR) is 101 cm³/mol. The second-order valence-electron chi connectivity index (χ2n) is 6.44. The number of aryl methyl sites for hydroxylation is 3. The number of nitrogens with zero attached hydrogens (tertiary/aromatic N) is 3.